The van der Waals surface area contributed by atoms with Crippen molar-refractivity contribution in [3.05, 3.63) is 85.1 Å². The number of hydrogen-bond acceptors (Lipinski definition) is 8. The predicted octanol–water partition coefficient (Wildman–Crippen LogP) is 3.67. The molecule has 218 valence electrons. The number of imidazole rings is 1. The van der Waals surface area contributed by atoms with E-state index in [0.29, 0.717) is 42.8 Å². The fourth-order valence-electron chi connectivity index (χ4n) is 4.90. The largest absolute Gasteiger partial charge is 0.497 e. The van der Waals surface area contributed by atoms with Crippen molar-refractivity contribution in [1.29, 1.82) is 0 Å². The molecule has 12 nitrogen and oxygen atoms in total. The van der Waals surface area contributed by atoms with Crippen molar-refractivity contribution < 1.29 is 19.1 Å². The third kappa shape index (κ3) is 6.77. The maximum atomic E-state index is 13.4. The zero-order chi connectivity index (χ0) is 29.5. The molecule has 0 aliphatic carbocycles. The summed E-state index contributed by atoms with van der Waals surface area (Å²) in [6.45, 7) is 3.19. The first-order valence-electron chi connectivity index (χ1n) is 13.6. The zero-order valence-corrected chi connectivity index (χ0v) is 23.8. The average Bonchev–Trinajstić information content (AvgIpc) is 3.57. The number of benzene rings is 2. The summed E-state index contributed by atoms with van der Waals surface area (Å²) >= 11 is 0. The van der Waals surface area contributed by atoms with Gasteiger partial charge >= 0.3 is 6.03 Å². The molecule has 0 radical (unpaired) electrons. The Labute approximate surface area is 244 Å². The van der Waals surface area contributed by atoms with E-state index in [1.165, 1.54) is 0 Å². The SMILES string of the molecule is COc1ccc(NC(=O)N2CCN(c3ccnc(-n4ccnc4)n3)C(CC(=O)NC(C)c3cccc(OC)c3)C2)cc1. The maximum absolute atomic E-state index is 13.4. The highest BCUT2D eigenvalue weighted by atomic mass is 16.5. The Balaban J connectivity index is 1.33. The zero-order valence-electron chi connectivity index (χ0n) is 23.8. The Bertz CT molecular complexity index is 1500. The van der Waals surface area contributed by atoms with Crippen molar-refractivity contribution >= 4 is 23.4 Å². The first-order chi connectivity index (χ1) is 20.4. The van der Waals surface area contributed by atoms with Crippen molar-refractivity contribution in [3.63, 3.8) is 0 Å². The quantitative estimate of drug-likeness (QED) is 0.312. The number of carbonyl (C=O) groups is 2. The lowest BCUT2D eigenvalue weighted by Crippen LogP contribution is -2.57. The van der Waals surface area contributed by atoms with E-state index in [2.05, 4.69) is 25.5 Å². The maximum Gasteiger partial charge on any atom is 0.321 e. The number of ether oxygens (including phenoxy) is 2. The van der Waals surface area contributed by atoms with Crippen LogP contribution in [0.2, 0.25) is 0 Å². The molecule has 4 aromatic rings. The van der Waals surface area contributed by atoms with Gasteiger partial charge in [0.15, 0.2) is 0 Å². The van der Waals surface area contributed by atoms with E-state index in [4.69, 9.17) is 14.5 Å². The van der Waals surface area contributed by atoms with Gasteiger partial charge in [0.2, 0.25) is 11.9 Å². The number of hydrogen-bond donors (Lipinski definition) is 2. The third-order valence-corrected chi connectivity index (χ3v) is 7.16. The molecule has 2 aromatic heterocycles. The molecule has 1 aliphatic rings. The first-order valence-corrected chi connectivity index (χ1v) is 13.6. The normalized spacial score (nSPS) is 15.5. The summed E-state index contributed by atoms with van der Waals surface area (Å²) in [7, 11) is 3.21. The van der Waals surface area contributed by atoms with E-state index in [0.717, 1.165) is 11.3 Å². The van der Waals surface area contributed by atoms with Gasteiger partial charge in [-0.25, -0.2) is 14.8 Å². The van der Waals surface area contributed by atoms with Gasteiger partial charge in [-0.05, 0) is 55.0 Å². The Morgan fingerprint density at radius 3 is 2.57 bits per heavy atom. The molecule has 42 heavy (non-hydrogen) atoms. The minimum absolute atomic E-state index is 0.137. The van der Waals surface area contributed by atoms with Gasteiger partial charge in [-0.15, -0.1) is 0 Å². The highest BCUT2D eigenvalue weighted by molar-refractivity contribution is 5.89. The number of carbonyl (C=O) groups excluding carboxylic acids is 2. The summed E-state index contributed by atoms with van der Waals surface area (Å²) < 4.78 is 12.3. The number of amides is 3. The van der Waals surface area contributed by atoms with Crippen molar-refractivity contribution in [2.24, 2.45) is 0 Å². The van der Waals surface area contributed by atoms with Crippen LogP contribution in [0, 0.1) is 0 Å². The van der Waals surface area contributed by atoms with Crippen LogP contribution >= 0.6 is 0 Å². The van der Waals surface area contributed by atoms with Crippen LogP contribution in [0.25, 0.3) is 5.95 Å². The van der Waals surface area contributed by atoms with Gasteiger partial charge in [-0.1, -0.05) is 12.1 Å². The molecule has 2 unspecified atom stereocenters. The summed E-state index contributed by atoms with van der Waals surface area (Å²) in [4.78, 5) is 43.6. The molecule has 1 aliphatic heterocycles. The van der Waals surface area contributed by atoms with Gasteiger partial charge in [0.1, 0.15) is 23.6 Å². The minimum atomic E-state index is -0.330. The Hall–Kier alpha value is -5.13. The molecule has 3 heterocycles. The molecule has 1 fully saturated rings. The van der Waals surface area contributed by atoms with E-state index in [-0.39, 0.29) is 30.4 Å². The van der Waals surface area contributed by atoms with Gasteiger partial charge in [-0.3, -0.25) is 9.36 Å². The Morgan fingerprint density at radius 1 is 1.02 bits per heavy atom. The molecule has 2 aromatic carbocycles. The number of urea groups is 1. The Kier molecular flexibility index (Phi) is 8.81. The monoisotopic (exact) mass is 570 g/mol. The molecular formula is C30H34N8O4. The second kappa shape index (κ2) is 13.0. The van der Waals surface area contributed by atoms with E-state index in [9.17, 15) is 9.59 Å². The first kappa shape index (κ1) is 28.4. The van der Waals surface area contributed by atoms with Gasteiger partial charge < -0.3 is 29.9 Å². The number of aromatic nitrogens is 4. The summed E-state index contributed by atoms with van der Waals surface area (Å²) in [5, 5.41) is 6.05. The molecule has 0 spiro atoms. The summed E-state index contributed by atoms with van der Waals surface area (Å²) in [5.74, 6) is 2.43. The molecular weight excluding hydrogens is 536 g/mol. The van der Waals surface area contributed by atoms with Crippen LogP contribution in [-0.2, 0) is 4.79 Å². The number of anilines is 2. The van der Waals surface area contributed by atoms with Crippen LogP contribution in [0.3, 0.4) is 0 Å². The molecule has 1 saturated heterocycles. The number of methoxy groups -OCH3 is 2. The van der Waals surface area contributed by atoms with Crippen molar-refractivity contribution in [3.8, 4) is 17.4 Å². The van der Waals surface area contributed by atoms with Gasteiger partial charge in [0.25, 0.3) is 0 Å². The van der Waals surface area contributed by atoms with Crippen LogP contribution in [-0.4, -0.2) is 76.3 Å². The lowest BCUT2D eigenvalue weighted by Gasteiger charge is -2.42. The summed E-state index contributed by atoms with van der Waals surface area (Å²) in [6.07, 6.45) is 6.90. The van der Waals surface area contributed by atoms with Crippen molar-refractivity contribution in [2.45, 2.75) is 25.4 Å². The van der Waals surface area contributed by atoms with E-state index in [1.54, 1.807) is 72.9 Å². The minimum Gasteiger partial charge on any atom is -0.497 e. The van der Waals surface area contributed by atoms with Crippen molar-refractivity contribution in [2.75, 3.05) is 44.1 Å². The fraction of sp³-hybridized carbons (Fsp3) is 0.300. The topological polar surface area (TPSA) is 127 Å². The van der Waals surface area contributed by atoms with E-state index >= 15 is 0 Å². The smallest absolute Gasteiger partial charge is 0.321 e. The van der Waals surface area contributed by atoms with E-state index in [1.807, 2.05) is 37.3 Å². The highest BCUT2D eigenvalue weighted by Crippen LogP contribution is 2.24. The standard InChI is InChI=1S/C30H34N8O4/c1-21(22-5-4-6-26(17-22)42-3)33-28(39)18-24-19-36(30(40)34-23-7-9-25(41-2)10-8-23)15-16-38(24)27-11-12-32-29(35-27)37-14-13-31-20-37/h4-14,17,20-21,24H,15-16,18-19H2,1-3H3,(H,33,39)(H,34,40). The molecule has 0 saturated carbocycles. The molecule has 2 N–H and O–H groups in total. The molecule has 3 amide bonds. The summed E-state index contributed by atoms with van der Waals surface area (Å²) in [5.41, 5.74) is 1.59. The average molecular weight is 571 g/mol. The second-order valence-electron chi connectivity index (χ2n) is 9.91. The van der Waals surface area contributed by atoms with Gasteiger partial charge in [0.05, 0.1) is 26.3 Å². The lowest BCUT2D eigenvalue weighted by molar-refractivity contribution is -0.122. The lowest BCUT2D eigenvalue weighted by atomic mass is 10.1. The van der Waals surface area contributed by atoms with Crippen LogP contribution in [0.1, 0.15) is 24.9 Å². The Morgan fingerprint density at radius 2 is 1.83 bits per heavy atom. The molecule has 2 atom stereocenters. The predicted molar refractivity (Wildman–Crippen MR) is 158 cm³/mol. The van der Waals surface area contributed by atoms with Crippen LogP contribution in [0.4, 0.5) is 16.3 Å². The van der Waals surface area contributed by atoms with Gasteiger partial charge in [0, 0.05) is 50.3 Å². The van der Waals surface area contributed by atoms with Crippen LogP contribution in [0.5, 0.6) is 11.5 Å². The fourth-order valence-corrected chi connectivity index (χ4v) is 4.90. The summed E-state index contributed by atoms with van der Waals surface area (Å²) in [6, 6.07) is 15.8. The molecule has 5 rings (SSSR count). The molecule has 0 bridgehead atoms. The van der Waals surface area contributed by atoms with E-state index < -0.39 is 0 Å². The molecule has 12 heteroatoms. The van der Waals surface area contributed by atoms with Crippen LogP contribution in [0.15, 0.2) is 79.5 Å². The highest BCUT2D eigenvalue weighted by Gasteiger charge is 2.32. The number of piperazine rings is 1. The number of nitrogens with one attached hydrogen (secondary N) is 2. The third-order valence-electron chi connectivity index (χ3n) is 7.16. The van der Waals surface area contributed by atoms with Gasteiger partial charge in [-0.2, -0.15) is 4.98 Å². The number of nitrogens with zero attached hydrogens (tertiary/aromatic N) is 6. The second-order valence-corrected chi connectivity index (χ2v) is 9.91. The van der Waals surface area contributed by atoms with Crippen molar-refractivity contribution in [1.82, 2.24) is 29.7 Å². The van der Waals surface area contributed by atoms with Crippen LogP contribution < -0.4 is 25.0 Å². The number of rotatable bonds is 9.